The minimum Gasteiger partial charge on any atom is -0.325 e. The van der Waals surface area contributed by atoms with E-state index < -0.39 is 9.84 Å². The van der Waals surface area contributed by atoms with Crippen LogP contribution in [0.1, 0.15) is 17.5 Å². The number of ketones is 1. The molecule has 0 fully saturated rings. The maximum Gasteiger partial charge on any atom is 0.195 e. The minimum absolute atomic E-state index is 0.149. The summed E-state index contributed by atoms with van der Waals surface area (Å²) in [6, 6.07) is 4.66. The molecule has 2 rings (SSSR count). The van der Waals surface area contributed by atoms with E-state index in [1.165, 1.54) is 19.1 Å². The summed E-state index contributed by atoms with van der Waals surface area (Å²) in [6.07, 6.45) is 1.14. The molecule has 1 aromatic heterocycles. The Morgan fingerprint density at radius 2 is 2.00 bits per heavy atom. The quantitative estimate of drug-likeness (QED) is 0.752. The number of aromatic nitrogens is 2. The van der Waals surface area contributed by atoms with Crippen LogP contribution in [0.25, 0.3) is 11.0 Å². The molecule has 0 radical (unpaired) electrons. The van der Waals surface area contributed by atoms with Crippen LogP contribution in [0.2, 0.25) is 0 Å². The van der Waals surface area contributed by atoms with Gasteiger partial charge in [-0.3, -0.25) is 4.79 Å². The molecule has 0 atom stereocenters. The normalized spacial score (nSPS) is 11.9. The highest BCUT2D eigenvalue weighted by molar-refractivity contribution is 7.90. The van der Waals surface area contributed by atoms with Crippen molar-refractivity contribution in [3.8, 4) is 0 Å². The van der Waals surface area contributed by atoms with Crippen molar-refractivity contribution < 1.29 is 13.2 Å². The van der Waals surface area contributed by atoms with Crippen molar-refractivity contribution in [3.63, 3.8) is 0 Å². The van der Waals surface area contributed by atoms with E-state index >= 15 is 0 Å². The van der Waals surface area contributed by atoms with Crippen LogP contribution in [0.3, 0.4) is 0 Å². The first-order valence-corrected chi connectivity index (χ1v) is 6.87. The summed E-state index contributed by atoms with van der Waals surface area (Å²) in [6.45, 7) is 1.43. The molecule has 17 heavy (non-hydrogen) atoms. The van der Waals surface area contributed by atoms with E-state index in [1.807, 2.05) is 0 Å². The lowest BCUT2D eigenvalue weighted by Crippen LogP contribution is -2.02. The van der Waals surface area contributed by atoms with Gasteiger partial charge in [-0.1, -0.05) is 0 Å². The molecule has 0 aliphatic heterocycles. The fourth-order valence-corrected chi connectivity index (χ4v) is 2.37. The third-order valence-electron chi connectivity index (χ3n) is 2.60. The van der Waals surface area contributed by atoms with Gasteiger partial charge in [-0.05, 0) is 18.2 Å². The smallest absolute Gasteiger partial charge is 0.195 e. The lowest BCUT2D eigenvalue weighted by molar-refractivity contribution is 0.100. The van der Waals surface area contributed by atoms with Crippen LogP contribution in [0.4, 0.5) is 0 Å². The number of carbonyl (C=O) groups excluding carboxylic acids is 1. The van der Waals surface area contributed by atoms with Gasteiger partial charge in [-0.25, -0.2) is 13.4 Å². The Hall–Kier alpha value is -1.69. The molecule has 0 bridgehead atoms. The van der Waals surface area contributed by atoms with Gasteiger partial charge in [0, 0.05) is 20.2 Å². The molecule has 0 saturated carbocycles. The van der Waals surface area contributed by atoms with E-state index in [0.717, 1.165) is 11.8 Å². The van der Waals surface area contributed by atoms with Gasteiger partial charge >= 0.3 is 0 Å². The fraction of sp³-hybridized carbons (Fsp3) is 0.273. The molecular weight excluding hydrogens is 240 g/mol. The summed E-state index contributed by atoms with van der Waals surface area (Å²) < 4.78 is 24.5. The Labute approximate surface area is 99.0 Å². The third kappa shape index (κ3) is 1.95. The van der Waals surface area contributed by atoms with Crippen LogP contribution in [0.15, 0.2) is 23.1 Å². The van der Waals surface area contributed by atoms with E-state index in [2.05, 4.69) is 4.98 Å². The summed E-state index contributed by atoms with van der Waals surface area (Å²) in [5.41, 5.74) is 1.25. The number of hydrogen-bond acceptors (Lipinski definition) is 4. The maximum absolute atomic E-state index is 11.4. The Morgan fingerprint density at radius 3 is 2.53 bits per heavy atom. The number of sulfone groups is 1. The second-order valence-corrected chi connectivity index (χ2v) is 5.99. The van der Waals surface area contributed by atoms with Gasteiger partial charge in [0.25, 0.3) is 0 Å². The van der Waals surface area contributed by atoms with E-state index in [1.54, 1.807) is 17.7 Å². The van der Waals surface area contributed by atoms with Gasteiger partial charge in [0.15, 0.2) is 21.4 Å². The molecule has 0 saturated heterocycles. The molecule has 0 spiro atoms. The summed E-state index contributed by atoms with van der Waals surface area (Å²) in [4.78, 5) is 15.7. The van der Waals surface area contributed by atoms with Gasteiger partial charge in [0.05, 0.1) is 15.9 Å². The monoisotopic (exact) mass is 252 g/mol. The summed E-state index contributed by atoms with van der Waals surface area (Å²) in [5, 5.41) is 0. The highest BCUT2D eigenvalue weighted by Crippen LogP contribution is 2.19. The van der Waals surface area contributed by atoms with E-state index in [9.17, 15) is 13.2 Å². The second kappa shape index (κ2) is 3.66. The van der Waals surface area contributed by atoms with Crippen LogP contribution in [-0.4, -0.2) is 30.0 Å². The van der Waals surface area contributed by atoms with Crippen molar-refractivity contribution >= 4 is 26.7 Å². The number of imidazole rings is 1. The molecule has 90 valence electrons. The molecule has 0 aliphatic carbocycles. The van der Waals surface area contributed by atoms with Crippen LogP contribution < -0.4 is 0 Å². The number of nitrogens with zero attached hydrogens (tertiary/aromatic N) is 2. The first-order chi connectivity index (χ1) is 7.80. The third-order valence-corrected chi connectivity index (χ3v) is 3.71. The zero-order valence-electron chi connectivity index (χ0n) is 9.76. The van der Waals surface area contributed by atoms with Crippen molar-refractivity contribution in [2.24, 2.45) is 7.05 Å². The van der Waals surface area contributed by atoms with Crippen molar-refractivity contribution in [2.45, 2.75) is 11.8 Å². The molecule has 5 nitrogen and oxygen atoms in total. The topological polar surface area (TPSA) is 69.0 Å². The number of aryl methyl sites for hydroxylation is 1. The molecule has 0 N–H and O–H groups in total. The number of hydrogen-bond donors (Lipinski definition) is 0. The average molecular weight is 252 g/mol. The highest BCUT2D eigenvalue weighted by atomic mass is 32.2. The maximum atomic E-state index is 11.4. The molecule has 1 heterocycles. The fourth-order valence-electron chi connectivity index (χ4n) is 1.73. The number of rotatable bonds is 2. The zero-order chi connectivity index (χ0) is 12.8. The van der Waals surface area contributed by atoms with Crippen LogP contribution >= 0.6 is 0 Å². The van der Waals surface area contributed by atoms with E-state index in [0.29, 0.717) is 11.3 Å². The Kier molecular flexibility index (Phi) is 2.54. The van der Waals surface area contributed by atoms with Gasteiger partial charge in [-0.2, -0.15) is 0 Å². The second-order valence-electron chi connectivity index (χ2n) is 3.97. The number of carbonyl (C=O) groups is 1. The lowest BCUT2D eigenvalue weighted by atomic mass is 10.3. The molecule has 2 aromatic rings. The molecule has 0 unspecified atom stereocenters. The summed E-state index contributed by atoms with van der Waals surface area (Å²) >= 11 is 0. The van der Waals surface area contributed by atoms with Gasteiger partial charge < -0.3 is 4.57 Å². The van der Waals surface area contributed by atoms with E-state index in [4.69, 9.17) is 0 Å². The largest absolute Gasteiger partial charge is 0.325 e. The Bertz CT molecular complexity index is 714. The van der Waals surface area contributed by atoms with Crippen molar-refractivity contribution in [2.75, 3.05) is 6.26 Å². The van der Waals surface area contributed by atoms with Crippen molar-refractivity contribution in [1.82, 2.24) is 9.55 Å². The standard InChI is InChI=1S/C11H12N2O3S/c1-7(14)11-12-9-6-8(17(3,15)16)4-5-10(9)13(11)2/h4-6H,1-3H3. The lowest BCUT2D eigenvalue weighted by Gasteiger charge is -1.99. The Morgan fingerprint density at radius 1 is 1.35 bits per heavy atom. The number of Topliss-reactive ketones (excluding diaryl/α,β-unsaturated/α-hetero) is 1. The first kappa shape index (κ1) is 11.8. The molecule has 0 aliphatic rings. The summed E-state index contributed by atoms with van der Waals surface area (Å²) in [5.74, 6) is 0.176. The molecule has 1 aromatic carbocycles. The molecule has 0 amide bonds. The predicted molar refractivity (Wildman–Crippen MR) is 63.8 cm³/mol. The number of fused-ring (bicyclic) bond motifs is 1. The SMILES string of the molecule is CC(=O)c1nc2cc(S(C)(=O)=O)ccc2n1C. The molecule has 6 heteroatoms. The summed E-state index contributed by atoms with van der Waals surface area (Å²) in [7, 11) is -1.52. The van der Waals surface area contributed by atoms with Crippen molar-refractivity contribution in [3.05, 3.63) is 24.0 Å². The minimum atomic E-state index is -3.25. The first-order valence-electron chi connectivity index (χ1n) is 4.98. The van der Waals surface area contributed by atoms with Gasteiger partial charge in [-0.15, -0.1) is 0 Å². The number of benzene rings is 1. The predicted octanol–water partition coefficient (Wildman–Crippen LogP) is 1.18. The van der Waals surface area contributed by atoms with Gasteiger partial charge in [0.1, 0.15) is 0 Å². The molecular formula is C11H12N2O3S. The van der Waals surface area contributed by atoms with Gasteiger partial charge in [0.2, 0.25) is 0 Å². The Balaban J connectivity index is 2.77. The average Bonchev–Trinajstić information content (AvgIpc) is 2.54. The van der Waals surface area contributed by atoms with Crippen LogP contribution in [0, 0.1) is 0 Å². The van der Waals surface area contributed by atoms with E-state index in [-0.39, 0.29) is 10.7 Å². The highest BCUT2D eigenvalue weighted by Gasteiger charge is 2.14. The van der Waals surface area contributed by atoms with Crippen molar-refractivity contribution in [1.29, 1.82) is 0 Å². The van der Waals surface area contributed by atoms with Crippen LogP contribution in [0.5, 0.6) is 0 Å². The zero-order valence-corrected chi connectivity index (χ0v) is 10.6. The van der Waals surface area contributed by atoms with Crippen LogP contribution in [-0.2, 0) is 16.9 Å².